The van der Waals surface area contributed by atoms with E-state index in [1.165, 1.54) is 5.56 Å². The minimum atomic E-state index is 0.115. The Balaban J connectivity index is 1.98. The molecule has 0 spiro atoms. The van der Waals surface area contributed by atoms with Crippen molar-refractivity contribution >= 4 is 0 Å². The molecule has 2 heterocycles. The van der Waals surface area contributed by atoms with Gasteiger partial charge in [0.25, 0.3) is 0 Å². The maximum atomic E-state index is 5.80. The fraction of sp³-hybridized carbons (Fsp3) is 0.308. The highest BCUT2D eigenvalue weighted by Gasteiger charge is 2.19. The van der Waals surface area contributed by atoms with Gasteiger partial charge in [0.2, 0.25) is 0 Å². The molecule has 4 heteroatoms. The number of morpholine rings is 1. The maximum absolute atomic E-state index is 5.80. The van der Waals surface area contributed by atoms with Crippen LogP contribution in [-0.4, -0.2) is 29.5 Å². The normalized spacial score (nSPS) is 20.4. The number of para-hydroxylation sites is 1. The van der Waals surface area contributed by atoms with Crippen LogP contribution in [0.15, 0.2) is 42.7 Å². The summed E-state index contributed by atoms with van der Waals surface area (Å²) in [6.45, 7) is 2.55. The van der Waals surface area contributed by atoms with Crippen molar-refractivity contribution in [3.8, 4) is 5.69 Å². The van der Waals surface area contributed by atoms with E-state index < -0.39 is 0 Å². The second kappa shape index (κ2) is 4.69. The van der Waals surface area contributed by atoms with Crippen LogP contribution < -0.4 is 5.32 Å². The zero-order valence-electron chi connectivity index (χ0n) is 9.54. The first kappa shape index (κ1) is 10.5. The van der Waals surface area contributed by atoms with Gasteiger partial charge in [-0.25, -0.2) is 4.68 Å². The summed E-state index contributed by atoms with van der Waals surface area (Å²) < 4.78 is 7.68. The molecule has 1 unspecified atom stereocenters. The number of ether oxygens (including phenoxy) is 1. The zero-order valence-corrected chi connectivity index (χ0v) is 9.54. The number of benzene rings is 1. The lowest BCUT2D eigenvalue weighted by molar-refractivity contribution is 0.0276. The largest absolute Gasteiger partial charge is 0.371 e. The zero-order chi connectivity index (χ0) is 11.5. The first-order valence-electron chi connectivity index (χ1n) is 5.86. The molecule has 3 rings (SSSR count). The molecule has 1 N–H and O–H groups in total. The Labute approximate surface area is 100 Å². The molecule has 0 saturated carbocycles. The Morgan fingerprint density at radius 1 is 1.29 bits per heavy atom. The van der Waals surface area contributed by atoms with Crippen molar-refractivity contribution in [1.29, 1.82) is 0 Å². The first-order valence-corrected chi connectivity index (χ1v) is 5.86. The summed E-state index contributed by atoms with van der Waals surface area (Å²) in [5.41, 5.74) is 2.27. The van der Waals surface area contributed by atoms with E-state index in [4.69, 9.17) is 4.74 Å². The van der Waals surface area contributed by atoms with Crippen molar-refractivity contribution < 1.29 is 4.74 Å². The SMILES string of the molecule is c1ccc(-n2cccn2)c(C2CNCCO2)c1. The molecule has 1 atom stereocenters. The Kier molecular flexibility index (Phi) is 2.90. The molecule has 0 radical (unpaired) electrons. The minimum absolute atomic E-state index is 0.115. The molecule has 2 aromatic rings. The van der Waals surface area contributed by atoms with E-state index in [2.05, 4.69) is 22.5 Å². The van der Waals surface area contributed by atoms with Gasteiger partial charge in [-0.15, -0.1) is 0 Å². The van der Waals surface area contributed by atoms with E-state index in [-0.39, 0.29) is 6.10 Å². The topological polar surface area (TPSA) is 39.1 Å². The summed E-state index contributed by atoms with van der Waals surface area (Å²) in [5.74, 6) is 0. The molecule has 0 amide bonds. The highest BCUT2D eigenvalue weighted by molar-refractivity contribution is 5.42. The van der Waals surface area contributed by atoms with Crippen LogP contribution in [0.1, 0.15) is 11.7 Å². The van der Waals surface area contributed by atoms with Crippen molar-refractivity contribution in [3.63, 3.8) is 0 Å². The Hall–Kier alpha value is -1.65. The fourth-order valence-electron chi connectivity index (χ4n) is 2.14. The molecule has 1 aromatic heterocycles. The quantitative estimate of drug-likeness (QED) is 0.849. The number of nitrogens with zero attached hydrogens (tertiary/aromatic N) is 2. The van der Waals surface area contributed by atoms with Crippen molar-refractivity contribution in [2.24, 2.45) is 0 Å². The van der Waals surface area contributed by atoms with Crippen LogP contribution in [0.25, 0.3) is 5.69 Å². The average Bonchev–Trinajstić information content (AvgIpc) is 2.94. The van der Waals surface area contributed by atoms with E-state index in [1.807, 2.05) is 29.1 Å². The number of nitrogens with one attached hydrogen (secondary N) is 1. The number of aromatic nitrogens is 2. The van der Waals surface area contributed by atoms with E-state index >= 15 is 0 Å². The Morgan fingerprint density at radius 3 is 3.00 bits per heavy atom. The highest BCUT2D eigenvalue weighted by atomic mass is 16.5. The van der Waals surface area contributed by atoms with Crippen LogP contribution in [-0.2, 0) is 4.74 Å². The number of hydrogen-bond donors (Lipinski definition) is 1. The lowest BCUT2D eigenvalue weighted by Crippen LogP contribution is -2.33. The van der Waals surface area contributed by atoms with Crippen LogP contribution in [0.3, 0.4) is 0 Å². The number of rotatable bonds is 2. The molecule has 1 aromatic carbocycles. The molecule has 1 aliphatic rings. The lowest BCUT2D eigenvalue weighted by Gasteiger charge is -2.25. The van der Waals surface area contributed by atoms with Crippen molar-refractivity contribution in [1.82, 2.24) is 15.1 Å². The second-order valence-corrected chi connectivity index (χ2v) is 4.07. The summed E-state index contributed by atoms with van der Waals surface area (Å²) in [4.78, 5) is 0. The van der Waals surface area contributed by atoms with Gasteiger partial charge in [0.05, 0.1) is 18.4 Å². The monoisotopic (exact) mass is 229 g/mol. The molecule has 0 bridgehead atoms. The molecule has 1 fully saturated rings. The third kappa shape index (κ3) is 2.09. The summed E-state index contributed by atoms with van der Waals surface area (Å²) in [5, 5.41) is 7.63. The standard InChI is InChI=1S/C13H15N3O/c1-2-5-12(16-8-3-6-15-16)11(4-1)13-10-14-7-9-17-13/h1-6,8,13-14H,7,9-10H2. The second-order valence-electron chi connectivity index (χ2n) is 4.07. The van der Waals surface area contributed by atoms with Crippen LogP contribution in [0, 0.1) is 0 Å². The molecule has 4 nitrogen and oxygen atoms in total. The molecular weight excluding hydrogens is 214 g/mol. The van der Waals surface area contributed by atoms with Crippen LogP contribution in [0.4, 0.5) is 0 Å². The Bertz CT molecular complexity index is 475. The molecule has 1 saturated heterocycles. The van der Waals surface area contributed by atoms with Gasteiger partial charge in [0, 0.05) is 31.0 Å². The molecular formula is C13H15N3O. The van der Waals surface area contributed by atoms with Gasteiger partial charge in [-0.05, 0) is 12.1 Å². The van der Waals surface area contributed by atoms with E-state index in [1.54, 1.807) is 6.20 Å². The molecule has 0 aliphatic carbocycles. The molecule has 88 valence electrons. The van der Waals surface area contributed by atoms with Crippen molar-refractivity contribution in [3.05, 3.63) is 48.3 Å². The van der Waals surface area contributed by atoms with Gasteiger partial charge in [0.15, 0.2) is 0 Å². The lowest BCUT2D eigenvalue weighted by atomic mass is 10.1. The first-order chi connectivity index (χ1) is 8.45. The van der Waals surface area contributed by atoms with Gasteiger partial charge in [-0.3, -0.25) is 0 Å². The maximum Gasteiger partial charge on any atom is 0.0970 e. The smallest absolute Gasteiger partial charge is 0.0970 e. The van der Waals surface area contributed by atoms with Crippen LogP contribution in [0.5, 0.6) is 0 Å². The Morgan fingerprint density at radius 2 is 2.24 bits per heavy atom. The predicted molar refractivity (Wildman–Crippen MR) is 65.1 cm³/mol. The van der Waals surface area contributed by atoms with Crippen LogP contribution >= 0.6 is 0 Å². The average molecular weight is 229 g/mol. The fourth-order valence-corrected chi connectivity index (χ4v) is 2.14. The van der Waals surface area contributed by atoms with E-state index in [0.717, 1.165) is 25.4 Å². The van der Waals surface area contributed by atoms with Gasteiger partial charge >= 0.3 is 0 Å². The van der Waals surface area contributed by atoms with Gasteiger partial charge in [0.1, 0.15) is 0 Å². The van der Waals surface area contributed by atoms with E-state index in [0.29, 0.717) is 0 Å². The molecule has 17 heavy (non-hydrogen) atoms. The van der Waals surface area contributed by atoms with Crippen molar-refractivity contribution in [2.45, 2.75) is 6.10 Å². The summed E-state index contributed by atoms with van der Waals surface area (Å²) in [6, 6.07) is 10.2. The third-order valence-corrected chi connectivity index (χ3v) is 2.96. The summed E-state index contributed by atoms with van der Waals surface area (Å²) in [6.07, 6.45) is 3.86. The highest BCUT2D eigenvalue weighted by Crippen LogP contribution is 2.24. The van der Waals surface area contributed by atoms with Gasteiger partial charge in [-0.2, -0.15) is 5.10 Å². The predicted octanol–water partition coefficient (Wildman–Crippen LogP) is 1.53. The van der Waals surface area contributed by atoms with Gasteiger partial charge in [-0.1, -0.05) is 18.2 Å². The van der Waals surface area contributed by atoms with E-state index in [9.17, 15) is 0 Å². The summed E-state index contributed by atoms with van der Waals surface area (Å²) >= 11 is 0. The summed E-state index contributed by atoms with van der Waals surface area (Å²) in [7, 11) is 0. The number of hydrogen-bond acceptors (Lipinski definition) is 3. The minimum Gasteiger partial charge on any atom is -0.371 e. The van der Waals surface area contributed by atoms with Gasteiger partial charge < -0.3 is 10.1 Å². The molecule has 1 aliphatic heterocycles. The van der Waals surface area contributed by atoms with Crippen molar-refractivity contribution in [2.75, 3.05) is 19.7 Å². The van der Waals surface area contributed by atoms with Crippen LogP contribution in [0.2, 0.25) is 0 Å². The third-order valence-electron chi connectivity index (χ3n) is 2.96.